The van der Waals surface area contributed by atoms with Crippen LogP contribution >= 0.6 is 0 Å². The van der Waals surface area contributed by atoms with Gasteiger partial charge in [0.15, 0.2) is 0 Å². The minimum atomic E-state index is -0.881. The summed E-state index contributed by atoms with van der Waals surface area (Å²) in [5.74, 6) is -0.697. The number of hydrogen-bond acceptors (Lipinski definition) is 4. The summed E-state index contributed by atoms with van der Waals surface area (Å²) in [4.78, 5) is 24.7. The summed E-state index contributed by atoms with van der Waals surface area (Å²) >= 11 is 0. The van der Waals surface area contributed by atoms with Crippen molar-refractivity contribution in [2.45, 2.75) is 25.4 Å². The first-order valence-electron chi connectivity index (χ1n) is 6.49. The molecule has 6 nitrogen and oxygen atoms in total. The summed E-state index contributed by atoms with van der Waals surface area (Å²) in [6.07, 6.45) is 1.55. The second kappa shape index (κ2) is 6.15. The smallest absolute Gasteiger partial charge is 0.306 e. The van der Waals surface area contributed by atoms with E-state index < -0.39 is 5.97 Å². The van der Waals surface area contributed by atoms with Crippen LogP contribution in [-0.2, 0) is 14.3 Å². The van der Waals surface area contributed by atoms with Gasteiger partial charge in [-0.05, 0) is 19.4 Å². The van der Waals surface area contributed by atoms with E-state index >= 15 is 0 Å². The highest BCUT2D eigenvalue weighted by Crippen LogP contribution is 2.17. The van der Waals surface area contributed by atoms with Crippen LogP contribution in [0.1, 0.15) is 19.3 Å². The summed E-state index contributed by atoms with van der Waals surface area (Å²) in [7, 11) is 0. The second-order valence-corrected chi connectivity index (χ2v) is 4.92. The van der Waals surface area contributed by atoms with E-state index in [1.54, 1.807) is 4.90 Å². The zero-order chi connectivity index (χ0) is 13.0. The lowest BCUT2D eigenvalue weighted by Gasteiger charge is -2.35. The first-order chi connectivity index (χ1) is 8.66. The van der Waals surface area contributed by atoms with Gasteiger partial charge in [-0.15, -0.1) is 0 Å². The molecule has 1 amide bonds. The van der Waals surface area contributed by atoms with Crippen molar-refractivity contribution < 1.29 is 19.4 Å². The fraction of sp³-hybridized carbons (Fsp3) is 0.833. The van der Waals surface area contributed by atoms with Gasteiger partial charge in [0.2, 0.25) is 5.91 Å². The third-order valence-electron chi connectivity index (χ3n) is 3.50. The highest BCUT2D eigenvalue weighted by atomic mass is 16.5. The Kier molecular flexibility index (Phi) is 4.54. The Morgan fingerprint density at radius 3 is 2.94 bits per heavy atom. The van der Waals surface area contributed by atoms with Gasteiger partial charge in [-0.2, -0.15) is 0 Å². The van der Waals surface area contributed by atoms with Crippen LogP contribution in [0.2, 0.25) is 0 Å². The Bertz CT molecular complexity index is 315. The molecule has 2 saturated heterocycles. The Hall–Kier alpha value is -1.14. The zero-order valence-electron chi connectivity index (χ0n) is 10.4. The van der Waals surface area contributed by atoms with Crippen LogP contribution < -0.4 is 5.32 Å². The molecule has 2 atom stereocenters. The summed E-state index contributed by atoms with van der Waals surface area (Å²) < 4.78 is 5.37. The average Bonchev–Trinajstić information content (AvgIpc) is 2.38. The van der Waals surface area contributed by atoms with Crippen molar-refractivity contribution in [2.75, 3.05) is 32.8 Å². The lowest BCUT2D eigenvalue weighted by atomic mass is 9.97. The molecule has 102 valence electrons. The molecular weight excluding hydrogens is 236 g/mol. The van der Waals surface area contributed by atoms with E-state index in [0.29, 0.717) is 19.7 Å². The van der Waals surface area contributed by atoms with Gasteiger partial charge >= 0.3 is 5.97 Å². The summed E-state index contributed by atoms with van der Waals surface area (Å²) in [5, 5.41) is 12.0. The molecule has 0 radical (unpaired) electrons. The van der Waals surface area contributed by atoms with Gasteiger partial charge in [-0.3, -0.25) is 9.59 Å². The van der Waals surface area contributed by atoms with Gasteiger partial charge in [0.05, 0.1) is 25.0 Å². The predicted molar refractivity (Wildman–Crippen MR) is 64.2 cm³/mol. The van der Waals surface area contributed by atoms with Crippen LogP contribution in [0.5, 0.6) is 0 Å². The molecule has 0 aromatic carbocycles. The number of piperidine rings is 1. The van der Waals surface area contributed by atoms with Gasteiger partial charge in [0, 0.05) is 19.6 Å². The lowest BCUT2D eigenvalue weighted by molar-refractivity contribution is -0.150. The lowest BCUT2D eigenvalue weighted by Crippen LogP contribution is -2.50. The van der Waals surface area contributed by atoms with Crippen molar-refractivity contribution in [3.05, 3.63) is 0 Å². The van der Waals surface area contributed by atoms with Crippen LogP contribution in [0.4, 0.5) is 0 Å². The summed E-state index contributed by atoms with van der Waals surface area (Å²) in [5.41, 5.74) is 0. The van der Waals surface area contributed by atoms with Crippen molar-refractivity contribution in [1.29, 1.82) is 0 Å². The molecule has 0 aromatic rings. The van der Waals surface area contributed by atoms with Crippen LogP contribution in [0.15, 0.2) is 0 Å². The van der Waals surface area contributed by atoms with Crippen LogP contribution in [0.3, 0.4) is 0 Å². The minimum absolute atomic E-state index is 0.0350. The van der Waals surface area contributed by atoms with Gasteiger partial charge < -0.3 is 20.1 Å². The molecule has 2 rings (SSSR count). The molecule has 0 bridgehead atoms. The molecule has 2 heterocycles. The topological polar surface area (TPSA) is 78.9 Å². The fourth-order valence-electron chi connectivity index (χ4n) is 2.56. The minimum Gasteiger partial charge on any atom is -0.481 e. The SMILES string of the molecule is O=C(O)CC1CN(C(=O)[C@H]2CCCNC2)CCO1. The van der Waals surface area contributed by atoms with Gasteiger partial charge in [-0.25, -0.2) is 0 Å². The molecule has 0 saturated carbocycles. The maximum absolute atomic E-state index is 12.3. The number of nitrogens with one attached hydrogen (secondary N) is 1. The third-order valence-corrected chi connectivity index (χ3v) is 3.50. The van der Waals surface area contributed by atoms with Crippen molar-refractivity contribution in [2.24, 2.45) is 5.92 Å². The molecule has 0 spiro atoms. The second-order valence-electron chi connectivity index (χ2n) is 4.92. The van der Waals surface area contributed by atoms with E-state index in [4.69, 9.17) is 9.84 Å². The number of rotatable bonds is 3. The Morgan fingerprint density at radius 2 is 2.28 bits per heavy atom. The number of carboxylic acids is 1. The predicted octanol–water partition coefficient (Wildman–Crippen LogP) is -0.312. The normalized spacial score (nSPS) is 29.0. The van der Waals surface area contributed by atoms with Gasteiger partial charge in [-0.1, -0.05) is 0 Å². The average molecular weight is 256 g/mol. The van der Waals surface area contributed by atoms with Gasteiger partial charge in [0.1, 0.15) is 0 Å². The number of morpholine rings is 1. The van der Waals surface area contributed by atoms with Crippen molar-refractivity contribution in [3.63, 3.8) is 0 Å². The maximum Gasteiger partial charge on any atom is 0.306 e. The Labute approximate surface area is 106 Å². The van der Waals surface area contributed by atoms with Crippen molar-refractivity contribution in [1.82, 2.24) is 10.2 Å². The van der Waals surface area contributed by atoms with E-state index in [1.807, 2.05) is 0 Å². The molecule has 1 unspecified atom stereocenters. The molecule has 2 aliphatic heterocycles. The zero-order valence-corrected chi connectivity index (χ0v) is 10.4. The highest BCUT2D eigenvalue weighted by Gasteiger charge is 2.30. The monoisotopic (exact) mass is 256 g/mol. The third kappa shape index (κ3) is 3.43. The standard InChI is InChI=1S/C12H20N2O4/c15-11(16)6-10-8-14(4-5-18-10)12(17)9-2-1-3-13-7-9/h9-10,13H,1-8H2,(H,15,16)/t9-,10?/m0/s1. The molecule has 2 N–H and O–H groups in total. The molecule has 0 aromatic heterocycles. The molecule has 6 heteroatoms. The van der Waals surface area contributed by atoms with Crippen molar-refractivity contribution >= 4 is 11.9 Å². The van der Waals surface area contributed by atoms with E-state index in [-0.39, 0.29) is 24.3 Å². The van der Waals surface area contributed by atoms with E-state index in [9.17, 15) is 9.59 Å². The largest absolute Gasteiger partial charge is 0.481 e. The van der Waals surface area contributed by atoms with E-state index in [1.165, 1.54) is 0 Å². The van der Waals surface area contributed by atoms with E-state index in [0.717, 1.165) is 25.9 Å². The number of aliphatic carboxylic acids is 1. The molecule has 2 fully saturated rings. The van der Waals surface area contributed by atoms with Crippen molar-refractivity contribution in [3.8, 4) is 0 Å². The molecular formula is C12H20N2O4. The first-order valence-corrected chi connectivity index (χ1v) is 6.49. The number of carbonyl (C=O) groups excluding carboxylic acids is 1. The maximum atomic E-state index is 12.3. The first kappa shape index (κ1) is 13.3. The number of carbonyl (C=O) groups is 2. The highest BCUT2D eigenvalue weighted by molar-refractivity contribution is 5.79. The summed E-state index contributed by atoms with van der Waals surface area (Å²) in [6.45, 7) is 3.13. The number of ether oxygens (including phenoxy) is 1. The molecule has 18 heavy (non-hydrogen) atoms. The number of nitrogens with zero attached hydrogens (tertiary/aromatic N) is 1. The number of amides is 1. The Morgan fingerprint density at radius 1 is 1.44 bits per heavy atom. The van der Waals surface area contributed by atoms with Crippen LogP contribution in [-0.4, -0.2) is 60.8 Å². The summed E-state index contributed by atoms with van der Waals surface area (Å²) in [6, 6.07) is 0. The Balaban J connectivity index is 1.87. The van der Waals surface area contributed by atoms with Crippen LogP contribution in [0.25, 0.3) is 0 Å². The number of hydrogen-bond donors (Lipinski definition) is 2. The molecule has 0 aliphatic carbocycles. The quantitative estimate of drug-likeness (QED) is 0.724. The number of carboxylic acid groups (broad SMARTS) is 1. The fourth-order valence-corrected chi connectivity index (χ4v) is 2.56. The van der Waals surface area contributed by atoms with E-state index in [2.05, 4.69) is 5.32 Å². The molecule has 2 aliphatic rings. The van der Waals surface area contributed by atoms with Crippen LogP contribution in [0, 0.1) is 5.92 Å². The van der Waals surface area contributed by atoms with Gasteiger partial charge in [0.25, 0.3) is 0 Å².